The molecule has 0 bridgehead atoms. The molecule has 0 unspecified atom stereocenters. The van der Waals surface area contributed by atoms with Crippen LogP contribution < -0.4 is 15.2 Å². The van der Waals surface area contributed by atoms with Crippen LogP contribution in [0.3, 0.4) is 0 Å². The lowest BCUT2D eigenvalue weighted by atomic mass is 9.81. The van der Waals surface area contributed by atoms with E-state index in [1.807, 2.05) is 0 Å². The largest absolute Gasteiger partial charge is 0.495 e. The lowest BCUT2D eigenvalue weighted by Crippen LogP contribution is -2.37. The monoisotopic (exact) mass is 381 g/mol. The number of esters is 1. The molecule has 0 fully saturated rings. The minimum Gasteiger partial charge on any atom is -0.495 e. The van der Waals surface area contributed by atoms with Gasteiger partial charge in [-0.3, -0.25) is 4.79 Å². The predicted molar refractivity (Wildman–Crippen MR) is 87.2 cm³/mol. The van der Waals surface area contributed by atoms with Crippen LogP contribution in [0.1, 0.15) is 25.5 Å². The Hall–Kier alpha value is -0.980. The molecule has 0 saturated heterocycles. The van der Waals surface area contributed by atoms with Crippen molar-refractivity contribution in [1.29, 1.82) is 0 Å². The molecule has 0 spiro atoms. The van der Waals surface area contributed by atoms with E-state index in [2.05, 4.69) is 15.9 Å². The molecule has 5 nitrogen and oxygen atoms in total. The van der Waals surface area contributed by atoms with Crippen molar-refractivity contribution in [3.8, 4) is 11.5 Å². The summed E-state index contributed by atoms with van der Waals surface area (Å²) in [5.41, 5.74) is 6.09. The summed E-state index contributed by atoms with van der Waals surface area (Å²) in [5, 5.41) is 0. The third-order valence-electron chi connectivity index (χ3n) is 3.32. The van der Waals surface area contributed by atoms with Gasteiger partial charge < -0.3 is 19.9 Å². The molecule has 2 N–H and O–H groups in total. The van der Waals surface area contributed by atoms with Crippen molar-refractivity contribution >= 4 is 34.3 Å². The van der Waals surface area contributed by atoms with E-state index in [-0.39, 0.29) is 18.4 Å². The first-order valence-corrected chi connectivity index (χ1v) is 6.84. The van der Waals surface area contributed by atoms with Crippen molar-refractivity contribution in [3.63, 3.8) is 0 Å². The molecule has 0 radical (unpaired) electrons. The van der Waals surface area contributed by atoms with Gasteiger partial charge in [0.05, 0.1) is 26.7 Å². The second-order valence-corrected chi connectivity index (χ2v) is 5.72. The average Bonchev–Trinajstić information content (AvgIpc) is 2.45. The summed E-state index contributed by atoms with van der Waals surface area (Å²) >= 11 is 3.40. The van der Waals surface area contributed by atoms with Gasteiger partial charge in [-0.2, -0.15) is 0 Å². The van der Waals surface area contributed by atoms with Crippen LogP contribution in [-0.2, 0) is 9.53 Å². The summed E-state index contributed by atoms with van der Waals surface area (Å²) in [6.45, 7) is 3.48. The smallest absolute Gasteiger partial charge is 0.313 e. The summed E-state index contributed by atoms with van der Waals surface area (Å²) in [5.74, 6) is 0.816. The van der Waals surface area contributed by atoms with Crippen LogP contribution >= 0.6 is 28.3 Å². The molecule has 21 heavy (non-hydrogen) atoms. The predicted octanol–water partition coefficient (Wildman–Crippen LogP) is 3.09. The Morgan fingerprint density at radius 2 is 1.62 bits per heavy atom. The van der Waals surface area contributed by atoms with Crippen molar-refractivity contribution in [1.82, 2.24) is 0 Å². The number of methoxy groups -OCH3 is 3. The highest BCUT2D eigenvalue weighted by Crippen LogP contribution is 2.40. The van der Waals surface area contributed by atoms with Crippen molar-refractivity contribution in [3.05, 3.63) is 22.2 Å². The van der Waals surface area contributed by atoms with Gasteiger partial charge in [0, 0.05) is 6.04 Å². The Morgan fingerprint density at radius 1 is 1.19 bits per heavy atom. The first-order valence-electron chi connectivity index (χ1n) is 6.05. The first-order chi connectivity index (χ1) is 9.29. The van der Waals surface area contributed by atoms with E-state index in [0.29, 0.717) is 16.0 Å². The molecule has 1 aromatic carbocycles. The molecule has 120 valence electrons. The zero-order chi connectivity index (χ0) is 15.5. The quantitative estimate of drug-likeness (QED) is 0.792. The number of halogens is 2. The summed E-state index contributed by atoms with van der Waals surface area (Å²) in [6.07, 6.45) is 0. The van der Waals surface area contributed by atoms with Crippen molar-refractivity contribution in [2.45, 2.75) is 19.9 Å². The fourth-order valence-corrected chi connectivity index (χ4v) is 2.43. The molecule has 0 aliphatic carbocycles. The van der Waals surface area contributed by atoms with Crippen molar-refractivity contribution in [2.24, 2.45) is 11.1 Å². The second-order valence-electron chi connectivity index (χ2n) is 4.93. The maximum Gasteiger partial charge on any atom is 0.313 e. The number of benzene rings is 1. The fourth-order valence-electron chi connectivity index (χ4n) is 1.88. The van der Waals surface area contributed by atoms with Gasteiger partial charge in [-0.05, 0) is 47.5 Å². The van der Waals surface area contributed by atoms with Crippen LogP contribution in [-0.4, -0.2) is 27.3 Å². The van der Waals surface area contributed by atoms with Crippen molar-refractivity contribution in [2.75, 3.05) is 21.3 Å². The zero-order valence-electron chi connectivity index (χ0n) is 12.7. The molecule has 1 aromatic rings. The van der Waals surface area contributed by atoms with E-state index in [9.17, 15) is 4.79 Å². The number of carbonyl (C=O) groups excluding carboxylic acids is 1. The molecule has 0 aliphatic rings. The van der Waals surface area contributed by atoms with Gasteiger partial charge in [0.1, 0.15) is 16.0 Å². The average molecular weight is 383 g/mol. The number of carbonyl (C=O) groups is 1. The SMILES string of the molecule is COC(=O)C(C)(C)[C@H](N)c1cc(OC)c(Br)c(OC)c1.Cl. The number of rotatable bonds is 5. The highest BCUT2D eigenvalue weighted by atomic mass is 79.9. The number of hydrogen-bond acceptors (Lipinski definition) is 5. The van der Waals surface area contributed by atoms with Gasteiger partial charge in [0.2, 0.25) is 0 Å². The van der Waals surface area contributed by atoms with E-state index in [1.54, 1.807) is 40.2 Å². The zero-order valence-corrected chi connectivity index (χ0v) is 15.1. The molecule has 0 amide bonds. The van der Waals surface area contributed by atoms with Crippen LogP contribution in [0.15, 0.2) is 16.6 Å². The Bertz CT molecular complexity index is 483. The molecular formula is C14H21BrClNO4. The standard InChI is InChI=1S/C14H20BrNO4.ClH/c1-14(2,13(17)20-5)12(16)8-6-9(18-3)11(15)10(7-8)19-4;/h6-7,12H,16H2,1-5H3;1H/t12-;/m1./s1. The van der Waals surface area contributed by atoms with E-state index in [4.69, 9.17) is 19.9 Å². The molecule has 0 heterocycles. The van der Waals surface area contributed by atoms with Gasteiger partial charge in [-0.15, -0.1) is 12.4 Å². The fraction of sp³-hybridized carbons (Fsp3) is 0.500. The number of nitrogens with two attached hydrogens (primary N) is 1. The minimum atomic E-state index is -0.862. The molecule has 7 heteroatoms. The maximum absolute atomic E-state index is 11.9. The van der Waals surface area contributed by atoms with Gasteiger partial charge in [-0.25, -0.2) is 0 Å². The Labute approximate surface area is 139 Å². The van der Waals surface area contributed by atoms with Crippen LogP contribution in [0.5, 0.6) is 11.5 Å². The lowest BCUT2D eigenvalue weighted by Gasteiger charge is -2.29. The third kappa shape index (κ3) is 4.02. The van der Waals surface area contributed by atoms with Gasteiger partial charge >= 0.3 is 5.97 Å². The summed E-state index contributed by atoms with van der Waals surface area (Å²) in [6, 6.07) is 3.01. The summed E-state index contributed by atoms with van der Waals surface area (Å²) in [7, 11) is 4.46. The molecule has 1 rings (SSSR count). The topological polar surface area (TPSA) is 70.8 Å². The second kappa shape index (κ2) is 7.87. The van der Waals surface area contributed by atoms with Crippen LogP contribution in [0.4, 0.5) is 0 Å². The van der Waals surface area contributed by atoms with Gasteiger partial charge in [0.15, 0.2) is 0 Å². The molecule has 0 aliphatic heterocycles. The highest BCUT2D eigenvalue weighted by molar-refractivity contribution is 9.10. The summed E-state index contributed by atoms with van der Waals surface area (Å²) < 4.78 is 16.1. The normalized spacial score (nSPS) is 12.1. The van der Waals surface area contributed by atoms with Crippen LogP contribution in [0.25, 0.3) is 0 Å². The van der Waals surface area contributed by atoms with Gasteiger partial charge in [-0.1, -0.05) is 0 Å². The van der Waals surface area contributed by atoms with Crippen LogP contribution in [0, 0.1) is 5.41 Å². The lowest BCUT2D eigenvalue weighted by molar-refractivity contribution is -0.152. The highest BCUT2D eigenvalue weighted by Gasteiger charge is 2.37. The Morgan fingerprint density at radius 3 is 1.95 bits per heavy atom. The number of ether oxygens (including phenoxy) is 3. The molecular weight excluding hydrogens is 362 g/mol. The Kier molecular flexibility index (Phi) is 7.50. The van der Waals surface area contributed by atoms with Gasteiger partial charge in [0.25, 0.3) is 0 Å². The van der Waals surface area contributed by atoms with E-state index in [0.717, 1.165) is 5.56 Å². The van der Waals surface area contributed by atoms with Crippen LogP contribution in [0.2, 0.25) is 0 Å². The molecule has 0 aromatic heterocycles. The third-order valence-corrected chi connectivity index (χ3v) is 4.10. The molecule has 0 saturated carbocycles. The van der Waals surface area contributed by atoms with E-state index >= 15 is 0 Å². The maximum atomic E-state index is 11.9. The van der Waals surface area contributed by atoms with E-state index < -0.39 is 11.5 Å². The van der Waals surface area contributed by atoms with E-state index in [1.165, 1.54) is 7.11 Å². The number of hydrogen-bond donors (Lipinski definition) is 1. The summed E-state index contributed by atoms with van der Waals surface area (Å²) in [4.78, 5) is 11.9. The minimum absolute atomic E-state index is 0. The van der Waals surface area contributed by atoms with Crippen molar-refractivity contribution < 1.29 is 19.0 Å². The first kappa shape index (κ1) is 20.0. The Balaban J connectivity index is 0.00000400. The molecule has 1 atom stereocenters.